The maximum absolute atomic E-state index is 14.6. The van der Waals surface area contributed by atoms with Crippen molar-refractivity contribution in [2.75, 3.05) is 0 Å². The largest absolute Gasteiger partial charge is 0.507 e. The summed E-state index contributed by atoms with van der Waals surface area (Å²) in [6, 6.07) is 10.5. The van der Waals surface area contributed by atoms with Gasteiger partial charge < -0.3 is 9.84 Å². The number of phenolic OH excluding ortho intramolecular Hbond substituents is 1. The number of halogens is 1. The summed E-state index contributed by atoms with van der Waals surface area (Å²) < 4.78 is 22.0. The third-order valence-electron chi connectivity index (χ3n) is 5.89. The van der Waals surface area contributed by atoms with Gasteiger partial charge in [0.15, 0.2) is 0 Å². The van der Waals surface area contributed by atoms with Gasteiger partial charge in [-0.05, 0) is 61.8 Å². The van der Waals surface area contributed by atoms with Crippen LogP contribution in [0.25, 0.3) is 16.9 Å². The van der Waals surface area contributed by atoms with Crippen LogP contribution in [-0.4, -0.2) is 37.4 Å². The summed E-state index contributed by atoms with van der Waals surface area (Å²) in [5, 5.41) is 22.8. The van der Waals surface area contributed by atoms with E-state index in [1.807, 2.05) is 12.1 Å². The van der Waals surface area contributed by atoms with Crippen molar-refractivity contribution in [2.24, 2.45) is 11.8 Å². The summed E-state index contributed by atoms with van der Waals surface area (Å²) >= 11 is 0. The quantitative estimate of drug-likeness (QED) is 0.742. The van der Waals surface area contributed by atoms with E-state index in [1.165, 1.54) is 0 Å². The standard InChI is InChI=1S/C21H21FN4O2/c22-21-14-3-2-13(10-14)11-19(21)28-20-7-6-17(24-25-20)16-5-4-15(12-18(16)27)26-9-1-8-23-26/h1,4-9,12-14,19,21,27H,2-3,10-11H2/t13-,14+,19+,21-/m1/s1. The lowest BCUT2D eigenvalue weighted by molar-refractivity contribution is 0.0223. The van der Waals surface area contributed by atoms with Gasteiger partial charge in [0, 0.05) is 30.1 Å². The molecule has 2 bridgehead atoms. The zero-order chi connectivity index (χ0) is 19.1. The molecule has 2 fully saturated rings. The number of fused-ring (bicyclic) bond motifs is 2. The van der Waals surface area contributed by atoms with E-state index in [0.717, 1.165) is 31.4 Å². The van der Waals surface area contributed by atoms with Crippen LogP contribution < -0.4 is 4.74 Å². The average molecular weight is 380 g/mol. The Labute approximate surface area is 162 Å². The molecule has 0 aliphatic heterocycles. The predicted molar refractivity (Wildman–Crippen MR) is 101 cm³/mol. The number of hydrogen-bond donors (Lipinski definition) is 1. The van der Waals surface area contributed by atoms with Gasteiger partial charge >= 0.3 is 0 Å². The Morgan fingerprint density at radius 3 is 2.79 bits per heavy atom. The molecular weight excluding hydrogens is 359 g/mol. The lowest BCUT2D eigenvalue weighted by Crippen LogP contribution is -2.38. The molecule has 7 heteroatoms. The number of ether oxygens (including phenoxy) is 1. The average Bonchev–Trinajstić information content (AvgIpc) is 3.37. The monoisotopic (exact) mass is 380 g/mol. The minimum atomic E-state index is -0.931. The fraction of sp³-hybridized carbons (Fsp3) is 0.381. The van der Waals surface area contributed by atoms with Crippen molar-refractivity contribution >= 4 is 0 Å². The minimum Gasteiger partial charge on any atom is -0.507 e. The molecule has 2 aliphatic carbocycles. The van der Waals surface area contributed by atoms with Crippen molar-refractivity contribution in [3.63, 3.8) is 0 Å². The zero-order valence-corrected chi connectivity index (χ0v) is 15.3. The molecule has 4 atom stereocenters. The first-order valence-electron chi connectivity index (χ1n) is 9.65. The molecule has 2 heterocycles. The number of phenols is 1. The van der Waals surface area contributed by atoms with Crippen molar-refractivity contribution < 1.29 is 14.2 Å². The second-order valence-electron chi connectivity index (χ2n) is 7.68. The summed E-state index contributed by atoms with van der Waals surface area (Å²) in [6.45, 7) is 0. The maximum Gasteiger partial charge on any atom is 0.233 e. The lowest BCUT2D eigenvalue weighted by atomic mass is 9.85. The molecule has 0 radical (unpaired) electrons. The first-order valence-corrected chi connectivity index (χ1v) is 9.65. The van der Waals surface area contributed by atoms with Crippen LogP contribution in [0.4, 0.5) is 4.39 Å². The Balaban J connectivity index is 1.32. The van der Waals surface area contributed by atoms with Crippen LogP contribution >= 0.6 is 0 Å². The lowest BCUT2D eigenvalue weighted by Gasteiger charge is -2.31. The molecule has 6 nitrogen and oxygen atoms in total. The van der Waals surface area contributed by atoms with Crippen LogP contribution in [0.1, 0.15) is 25.7 Å². The van der Waals surface area contributed by atoms with E-state index in [0.29, 0.717) is 23.1 Å². The molecule has 0 saturated heterocycles. The molecule has 1 aromatic carbocycles. The van der Waals surface area contributed by atoms with Gasteiger partial charge in [-0.1, -0.05) is 0 Å². The fourth-order valence-corrected chi connectivity index (χ4v) is 4.47. The fourth-order valence-electron chi connectivity index (χ4n) is 4.47. The van der Waals surface area contributed by atoms with Crippen LogP contribution in [0.5, 0.6) is 11.6 Å². The van der Waals surface area contributed by atoms with E-state index < -0.39 is 12.3 Å². The van der Waals surface area contributed by atoms with Gasteiger partial charge in [0.05, 0.1) is 11.4 Å². The van der Waals surface area contributed by atoms with Crippen molar-refractivity contribution in [1.29, 1.82) is 0 Å². The van der Waals surface area contributed by atoms with Gasteiger partial charge in [0.25, 0.3) is 0 Å². The second kappa shape index (κ2) is 6.89. The summed E-state index contributed by atoms with van der Waals surface area (Å²) in [7, 11) is 0. The topological polar surface area (TPSA) is 73.1 Å². The van der Waals surface area contributed by atoms with Crippen molar-refractivity contribution in [3.05, 3.63) is 48.8 Å². The zero-order valence-electron chi connectivity index (χ0n) is 15.3. The third-order valence-corrected chi connectivity index (χ3v) is 5.89. The molecule has 2 saturated carbocycles. The molecular formula is C21H21FN4O2. The van der Waals surface area contributed by atoms with Crippen LogP contribution in [0.15, 0.2) is 48.8 Å². The number of aromatic nitrogens is 4. The Bertz CT molecular complexity index is 961. The molecule has 0 unspecified atom stereocenters. The Morgan fingerprint density at radius 2 is 2.04 bits per heavy atom. The van der Waals surface area contributed by atoms with E-state index in [4.69, 9.17) is 4.74 Å². The van der Waals surface area contributed by atoms with E-state index in [-0.39, 0.29) is 11.7 Å². The van der Waals surface area contributed by atoms with E-state index >= 15 is 0 Å². The number of hydrogen-bond acceptors (Lipinski definition) is 5. The Hall–Kier alpha value is -2.96. The van der Waals surface area contributed by atoms with E-state index in [2.05, 4.69) is 15.3 Å². The summed E-state index contributed by atoms with van der Waals surface area (Å²) in [5.74, 6) is 1.11. The minimum absolute atomic E-state index is 0.0867. The Kier molecular flexibility index (Phi) is 4.22. The summed E-state index contributed by atoms with van der Waals surface area (Å²) in [4.78, 5) is 0. The highest BCUT2D eigenvalue weighted by Crippen LogP contribution is 2.44. The van der Waals surface area contributed by atoms with Gasteiger partial charge in [-0.15, -0.1) is 10.2 Å². The molecule has 28 heavy (non-hydrogen) atoms. The molecule has 2 aromatic heterocycles. The van der Waals surface area contributed by atoms with Gasteiger partial charge in [-0.3, -0.25) is 0 Å². The highest BCUT2D eigenvalue weighted by molar-refractivity contribution is 5.68. The van der Waals surface area contributed by atoms with E-state index in [1.54, 1.807) is 41.3 Å². The SMILES string of the molecule is Oc1cc(-n2cccn2)ccc1-c1ccc(O[C@H]2C[C@@H]3CC[C@@H](C3)[C@H]2F)nn1. The van der Waals surface area contributed by atoms with Crippen molar-refractivity contribution in [3.8, 4) is 28.6 Å². The maximum atomic E-state index is 14.6. The predicted octanol–water partition coefficient (Wildman–Crippen LogP) is 3.94. The van der Waals surface area contributed by atoms with Crippen LogP contribution in [-0.2, 0) is 0 Å². The second-order valence-corrected chi connectivity index (χ2v) is 7.68. The van der Waals surface area contributed by atoms with E-state index in [9.17, 15) is 9.50 Å². The smallest absolute Gasteiger partial charge is 0.233 e. The molecule has 3 aromatic rings. The molecule has 5 rings (SSSR count). The van der Waals surface area contributed by atoms with Gasteiger partial charge in [0.1, 0.15) is 18.0 Å². The number of aromatic hydroxyl groups is 1. The van der Waals surface area contributed by atoms with Crippen LogP contribution in [0.2, 0.25) is 0 Å². The van der Waals surface area contributed by atoms with Crippen molar-refractivity contribution in [1.82, 2.24) is 20.0 Å². The summed E-state index contributed by atoms with van der Waals surface area (Å²) in [6.07, 6.45) is 5.90. The molecule has 1 N–H and O–H groups in total. The number of alkyl halides is 1. The highest BCUT2D eigenvalue weighted by atomic mass is 19.1. The van der Waals surface area contributed by atoms with Gasteiger partial charge in [0.2, 0.25) is 5.88 Å². The first-order chi connectivity index (χ1) is 13.7. The number of benzene rings is 1. The van der Waals surface area contributed by atoms with Crippen LogP contribution in [0.3, 0.4) is 0 Å². The number of rotatable bonds is 4. The third kappa shape index (κ3) is 3.10. The van der Waals surface area contributed by atoms with Crippen molar-refractivity contribution in [2.45, 2.75) is 38.0 Å². The molecule has 0 amide bonds. The first kappa shape index (κ1) is 17.2. The normalized spacial score (nSPS) is 26.3. The Morgan fingerprint density at radius 1 is 1.11 bits per heavy atom. The van der Waals surface area contributed by atoms with Crippen LogP contribution in [0, 0.1) is 11.8 Å². The molecule has 144 valence electrons. The van der Waals surface area contributed by atoms with Gasteiger partial charge in [-0.25, -0.2) is 9.07 Å². The van der Waals surface area contributed by atoms with Gasteiger partial charge in [-0.2, -0.15) is 5.10 Å². The highest BCUT2D eigenvalue weighted by Gasteiger charge is 2.43. The molecule has 2 aliphatic rings. The summed E-state index contributed by atoms with van der Waals surface area (Å²) in [5.41, 5.74) is 1.84. The number of nitrogens with zero attached hydrogens (tertiary/aromatic N) is 4. The molecule has 0 spiro atoms.